The highest BCUT2D eigenvalue weighted by molar-refractivity contribution is 5.86. The lowest BCUT2D eigenvalue weighted by atomic mass is 9.71. The summed E-state index contributed by atoms with van der Waals surface area (Å²) in [6.45, 7) is 1.26. The number of alkyl halides is 2. The van der Waals surface area contributed by atoms with Crippen molar-refractivity contribution in [3.8, 4) is 0 Å². The van der Waals surface area contributed by atoms with Gasteiger partial charge in [0.05, 0.1) is 6.04 Å². The Hall–Kier alpha value is -2.38. The molecule has 2 aromatic carbocycles. The summed E-state index contributed by atoms with van der Waals surface area (Å²) in [7, 11) is 0. The van der Waals surface area contributed by atoms with Crippen LogP contribution in [-0.4, -0.2) is 58.5 Å². The maximum absolute atomic E-state index is 15.7. The average Bonchev–Trinajstić information content (AvgIpc) is 2.79. The maximum atomic E-state index is 15.7. The SMILES string of the molecule is O=C(N1CCc2ccccc2[C@@H]1c1ccc(F)cc1)C(F)(F)C1(O)CN2CCC1CC2. The van der Waals surface area contributed by atoms with Gasteiger partial charge < -0.3 is 14.9 Å². The molecule has 2 aromatic rings. The molecule has 2 bridgehead atoms. The van der Waals surface area contributed by atoms with E-state index in [1.54, 1.807) is 0 Å². The third kappa shape index (κ3) is 3.17. The fraction of sp³-hybridized carbons (Fsp3) is 0.458. The number of amides is 1. The van der Waals surface area contributed by atoms with E-state index in [0.717, 1.165) is 11.1 Å². The molecule has 0 radical (unpaired) electrons. The van der Waals surface area contributed by atoms with E-state index < -0.39 is 35.2 Å². The molecule has 2 atom stereocenters. The summed E-state index contributed by atoms with van der Waals surface area (Å²) in [6, 6.07) is 12.3. The van der Waals surface area contributed by atoms with Crippen LogP contribution >= 0.6 is 0 Å². The number of benzene rings is 2. The van der Waals surface area contributed by atoms with E-state index in [9.17, 15) is 14.3 Å². The Morgan fingerprint density at radius 1 is 1.03 bits per heavy atom. The van der Waals surface area contributed by atoms with Crippen molar-refractivity contribution in [2.75, 3.05) is 26.2 Å². The van der Waals surface area contributed by atoms with Gasteiger partial charge in [-0.2, -0.15) is 8.78 Å². The van der Waals surface area contributed by atoms with Crippen LogP contribution in [0, 0.1) is 11.7 Å². The summed E-state index contributed by atoms with van der Waals surface area (Å²) >= 11 is 0. The number of piperidine rings is 3. The van der Waals surface area contributed by atoms with E-state index in [4.69, 9.17) is 0 Å². The quantitative estimate of drug-likeness (QED) is 0.812. The standard InChI is InChI=1S/C24H25F3N2O2/c25-19-7-5-17(6-8-19)21-20-4-2-1-3-16(20)9-14-29(21)22(30)24(26,27)23(31)15-28-12-10-18(23)11-13-28/h1-8,18,21,31H,9-15H2/t21-,23?/m0/s1. The second-order valence-electron chi connectivity index (χ2n) is 8.95. The Kier molecular flexibility index (Phi) is 4.86. The second kappa shape index (κ2) is 7.35. The largest absolute Gasteiger partial charge is 0.381 e. The number of halogens is 3. The summed E-state index contributed by atoms with van der Waals surface area (Å²) in [6.07, 6.45) is 1.37. The predicted octanol–water partition coefficient (Wildman–Crippen LogP) is 3.39. The van der Waals surface area contributed by atoms with E-state index in [-0.39, 0.29) is 13.1 Å². The van der Waals surface area contributed by atoms with Gasteiger partial charge in [0, 0.05) is 13.1 Å². The number of nitrogens with zero attached hydrogens (tertiary/aromatic N) is 2. The molecule has 4 heterocycles. The van der Waals surface area contributed by atoms with Crippen LogP contribution < -0.4 is 0 Å². The van der Waals surface area contributed by atoms with Crippen LogP contribution in [0.15, 0.2) is 48.5 Å². The first kappa shape index (κ1) is 20.5. The number of fused-ring (bicyclic) bond motifs is 4. The van der Waals surface area contributed by atoms with E-state index >= 15 is 8.78 Å². The van der Waals surface area contributed by atoms with Gasteiger partial charge in [-0.15, -0.1) is 0 Å². The maximum Gasteiger partial charge on any atom is 0.354 e. The third-order valence-corrected chi connectivity index (χ3v) is 7.27. The summed E-state index contributed by atoms with van der Waals surface area (Å²) in [5, 5.41) is 11.1. The zero-order valence-electron chi connectivity index (χ0n) is 17.1. The molecule has 4 nitrogen and oxygen atoms in total. The Morgan fingerprint density at radius 3 is 2.35 bits per heavy atom. The van der Waals surface area contributed by atoms with Crippen LogP contribution in [0.4, 0.5) is 13.2 Å². The first-order chi connectivity index (χ1) is 14.8. The lowest BCUT2D eigenvalue weighted by Gasteiger charge is -2.53. The minimum atomic E-state index is -3.92. The highest BCUT2D eigenvalue weighted by atomic mass is 19.3. The molecular formula is C24H25F3N2O2. The van der Waals surface area contributed by atoms with Gasteiger partial charge in [0.2, 0.25) is 0 Å². The van der Waals surface area contributed by atoms with Crippen molar-refractivity contribution in [1.82, 2.24) is 9.80 Å². The van der Waals surface area contributed by atoms with Gasteiger partial charge >= 0.3 is 5.92 Å². The summed E-state index contributed by atoms with van der Waals surface area (Å²) in [4.78, 5) is 16.4. The van der Waals surface area contributed by atoms with E-state index in [1.807, 2.05) is 29.2 Å². The van der Waals surface area contributed by atoms with Crippen molar-refractivity contribution in [1.29, 1.82) is 0 Å². The highest BCUT2D eigenvalue weighted by Gasteiger charge is 2.66. The van der Waals surface area contributed by atoms with E-state index in [0.29, 0.717) is 37.9 Å². The minimum absolute atomic E-state index is 0.109. The Bertz CT molecular complexity index is 989. The van der Waals surface area contributed by atoms with Crippen molar-refractivity contribution in [2.24, 2.45) is 5.92 Å². The van der Waals surface area contributed by atoms with Crippen molar-refractivity contribution in [3.05, 3.63) is 71.0 Å². The predicted molar refractivity (Wildman–Crippen MR) is 109 cm³/mol. The summed E-state index contributed by atoms with van der Waals surface area (Å²) in [5.41, 5.74) is -0.0694. The number of aliphatic hydroxyl groups is 1. The van der Waals surface area contributed by atoms with Crippen LogP contribution in [0.2, 0.25) is 0 Å². The number of carbonyl (C=O) groups is 1. The molecule has 6 rings (SSSR count). The number of rotatable bonds is 3. The molecule has 0 spiro atoms. The van der Waals surface area contributed by atoms with Crippen molar-refractivity contribution >= 4 is 5.91 Å². The second-order valence-corrected chi connectivity index (χ2v) is 8.95. The molecule has 4 aliphatic rings. The average molecular weight is 430 g/mol. The zero-order valence-corrected chi connectivity index (χ0v) is 17.1. The molecule has 1 amide bonds. The minimum Gasteiger partial charge on any atom is -0.381 e. The smallest absolute Gasteiger partial charge is 0.354 e. The fourth-order valence-electron chi connectivity index (χ4n) is 5.55. The molecule has 0 saturated carbocycles. The highest BCUT2D eigenvalue weighted by Crippen LogP contribution is 2.47. The van der Waals surface area contributed by atoms with Crippen LogP contribution in [0.3, 0.4) is 0 Å². The number of carbonyl (C=O) groups excluding carboxylic acids is 1. The molecule has 164 valence electrons. The van der Waals surface area contributed by atoms with Gasteiger partial charge in [-0.1, -0.05) is 36.4 Å². The summed E-state index contributed by atoms with van der Waals surface area (Å²) in [5.74, 6) is -6.30. The fourth-order valence-corrected chi connectivity index (χ4v) is 5.55. The van der Waals surface area contributed by atoms with E-state index in [2.05, 4.69) is 0 Å². The normalized spacial score (nSPS) is 30.2. The molecule has 1 N–H and O–H groups in total. The lowest BCUT2D eigenvalue weighted by molar-refractivity contribution is -0.244. The molecule has 1 unspecified atom stereocenters. The van der Waals surface area contributed by atoms with Crippen LogP contribution in [0.1, 0.15) is 35.6 Å². The molecule has 31 heavy (non-hydrogen) atoms. The van der Waals surface area contributed by atoms with Gasteiger partial charge in [-0.05, 0) is 67.1 Å². The van der Waals surface area contributed by atoms with Gasteiger partial charge in [-0.25, -0.2) is 4.39 Å². The van der Waals surface area contributed by atoms with Crippen LogP contribution in [-0.2, 0) is 11.2 Å². The molecule has 3 fully saturated rings. The first-order valence-corrected chi connectivity index (χ1v) is 10.8. The van der Waals surface area contributed by atoms with Gasteiger partial charge in [0.15, 0.2) is 5.60 Å². The van der Waals surface area contributed by atoms with Gasteiger partial charge in [-0.3, -0.25) is 4.79 Å². The van der Waals surface area contributed by atoms with E-state index in [1.165, 1.54) is 29.2 Å². The molecule has 4 aliphatic heterocycles. The monoisotopic (exact) mass is 430 g/mol. The molecule has 0 aromatic heterocycles. The van der Waals surface area contributed by atoms with Crippen molar-refractivity contribution in [3.63, 3.8) is 0 Å². The Balaban J connectivity index is 1.54. The molecule has 0 aliphatic carbocycles. The number of hydrogen-bond donors (Lipinski definition) is 1. The van der Waals surface area contributed by atoms with Gasteiger partial charge in [0.1, 0.15) is 5.82 Å². The molecule has 3 saturated heterocycles. The first-order valence-electron chi connectivity index (χ1n) is 10.8. The van der Waals surface area contributed by atoms with Crippen molar-refractivity contribution < 1.29 is 23.1 Å². The Labute approximate surface area is 179 Å². The molecular weight excluding hydrogens is 405 g/mol. The Morgan fingerprint density at radius 2 is 1.71 bits per heavy atom. The van der Waals surface area contributed by atoms with Crippen LogP contribution in [0.25, 0.3) is 0 Å². The number of hydrogen-bond acceptors (Lipinski definition) is 3. The zero-order chi connectivity index (χ0) is 21.8. The lowest BCUT2D eigenvalue weighted by Crippen LogP contribution is -2.71. The summed E-state index contributed by atoms with van der Waals surface area (Å²) < 4.78 is 45.0. The third-order valence-electron chi connectivity index (χ3n) is 7.27. The topological polar surface area (TPSA) is 43.8 Å². The molecule has 7 heteroatoms. The van der Waals surface area contributed by atoms with Crippen LogP contribution in [0.5, 0.6) is 0 Å². The van der Waals surface area contributed by atoms with Gasteiger partial charge in [0.25, 0.3) is 5.91 Å². The van der Waals surface area contributed by atoms with Crippen molar-refractivity contribution in [2.45, 2.75) is 36.8 Å².